The van der Waals surface area contributed by atoms with Gasteiger partial charge in [0.05, 0.1) is 15.7 Å². The molecule has 8 heteroatoms. The first-order valence-corrected chi connectivity index (χ1v) is 8.38. The smallest absolute Gasteiger partial charge is 0.274 e. The number of nitriles is 1. The monoisotopic (exact) mass is 376 g/mol. The predicted octanol–water partition coefficient (Wildman–Crippen LogP) is 4.78. The van der Waals surface area contributed by atoms with E-state index in [1.807, 2.05) is 5.40 Å². The minimum Gasteiger partial charge on any atom is -0.321 e. The highest BCUT2D eigenvalue weighted by atomic mass is 35.5. The standard InChI is InChI=1S/C16H10Cl2N4OS/c1-9-14(22-7-10(17)6-13(18)15(22)20-9)16(23)21-11-2-4-12(5-3-11)24-8-19/h2-7H,1H3,(H,21,23). The van der Waals surface area contributed by atoms with Crippen LogP contribution in [0, 0.1) is 17.6 Å². The average molecular weight is 377 g/mol. The van der Waals surface area contributed by atoms with Crippen molar-refractivity contribution in [1.29, 1.82) is 5.26 Å². The number of hydrogen-bond acceptors (Lipinski definition) is 4. The van der Waals surface area contributed by atoms with E-state index in [1.165, 1.54) is 0 Å². The third-order valence-corrected chi connectivity index (χ3v) is 4.39. The van der Waals surface area contributed by atoms with Gasteiger partial charge in [0.15, 0.2) is 5.65 Å². The number of aromatic nitrogens is 2. The zero-order valence-electron chi connectivity index (χ0n) is 12.4. The van der Waals surface area contributed by atoms with Crippen LogP contribution in [0.2, 0.25) is 10.0 Å². The number of halogens is 2. The summed E-state index contributed by atoms with van der Waals surface area (Å²) in [6.07, 6.45) is 1.60. The molecule has 1 aromatic carbocycles. The molecule has 0 saturated carbocycles. The van der Waals surface area contributed by atoms with Crippen LogP contribution in [0.5, 0.6) is 0 Å². The van der Waals surface area contributed by atoms with Crippen molar-refractivity contribution in [2.75, 3.05) is 5.32 Å². The Hall–Kier alpha value is -2.20. The summed E-state index contributed by atoms with van der Waals surface area (Å²) in [6, 6.07) is 8.57. The first-order valence-electron chi connectivity index (χ1n) is 6.80. The van der Waals surface area contributed by atoms with Crippen LogP contribution in [0.15, 0.2) is 41.4 Å². The Morgan fingerprint density at radius 2 is 2.04 bits per heavy atom. The maximum absolute atomic E-state index is 12.6. The lowest BCUT2D eigenvalue weighted by Gasteiger charge is -2.07. The number of imidazole rings is 1. The number of fused-ring (bicyclic) bond motifs is 1. The summed E-state index contributed by atoms with van der Waals surface area (Å²) in [4.78, 5) is 17.8. The van der Waals surface area contributed by atoms with Gasteiger partial charge in [-0.3, -0.25) is 9.20 Å². The lowest BCUT2D eigenvalue weighted by atomic mass is 10.3. The topological polar surface area (TPSA) is 70.2 Å². The number of amides is 1. The minimum atomic E-state index is -0.320. The number of carbonyl (C=O) groups is 1. The second-order valence-corrected chi connectivity index (χ2v) is 6.62. The van der Waals surface area contributed by atoms with E-state index in [0.717, 1.165) is 16.7 Å². The van der Waals surface area contributed by atoms with Crippen molar-refractivity contribution in [1.82, 2.24) is 9.38 Å². The molecule has 0 aliphatic heterocycles. The summed E-state index contributed by atoms with van der Waals surface area (Å²) in [5, 5.41) is 14.2. The Morgan fingerprint density at radius 1 is 1.33 bits per heavy atom. The van der Waals surface area contributed by atoms with Gasteiger partial charge in [0, 0.05) is 16.8 Å². The second-order valence-electron chi connectivity index (χ2n) is 4.92. The molecule has 1 N–H and O–H groups in total. The Morgan fingerprint density at radius 3 is 2.71 bits per heavy atom. The molecule has 1 amide bonds. The van der Waals surface area contributed by atoms with E-state index >= 15 is 0 Å². The molecule has 0 spiro atoms. The summed E-state index contributed by atoms with van der Waals surface area (Å²) in [6.45, 7) is 1.73. The lowest BCUT2D eigenvalue weighted by Crippen LogP contribution is -2.15. The third kappa shape index (κ3) is 3.20. The summed E-state index contributed by atoms with van der Waals surface area (Å²) < 4.78 is 1.58. The summed E-state index contributed by atoms with van der Waals surface area (Å²) in [5.74, 6) is -0.320. The normalized spacial score (nSPS) is 10.6. The van der Waals surface area contributed by atoms with Crippen molar-refractivity contribution in [2.24, 2.45) is 0 Å². The molecule has 0 radical (unpaired) electrons. The molecule has 0 aliphatic rings. The molecule has 0 atom stereocenters. The highest BCUT2D eigenvalue weighted by Gasteiger charge is 2.18. The van der Waals surface area contributed by atoms with Crippen LogP contribution in [0.1, 0.15) is 16.2 Å². The summed E-state index contributed by atoms with van der Waals surface area (Å²) in [5.41, 5.74) is 2.01. The zero-order chi connectivity index (χ0) is 17.3. The van der Waals surface area contributed by atoms with E-state index in [0.29, 0.717) is 32.8 Å². The molecule has 0 saturated heterocycles. The van der Waals surface area contributed by atoms with Gasteiger partial charge in [-0.1, -0.05) is 23.2 Å². The number of pyridine rings is 1. The van der Waals surface area contributed by atoms with Crippen molar-refractivity contribution in [3.63, 3.8) is 0 Å². The fourth-order valence-corrected chi connectivity index (χ4v) is 3.20. The number of benzene rings is 1. The first-order chi connectivity index (χ1) is 11.5. The van der Waals surface area contributed by atoms with Crippen LogP contribution in [-0.4, -0.2) is 15.3 Å². The van der Waals surface area contributed by atoms with Crippen LogP contribution in [-0.2, 0) is 0 Å². The van der Waals surface area contributed by atoms with Crippen LogP contribution < -0.4 is 5.32 Å². The van der Waals surface area contributed by atoms with Gasteiger partial charge in [0.2, 0.25) is 0 Å². The van der Waals surface area contributed by atoms with E-state index in [-0.39, 0.29) is 5.91 Å². The predicted molar refractivity (Wildman–Crippen MR) is 95.8 cm³/mol. The fourth-order valence-electron chi connectivity index (χ4n) is 2.31. The van der Waals surface area contributed by atoms with E-state index in [1.54, 1.807) is 47.9 Å². The molecule has 24 heavy (non-hydrogen) atoms. The maximum atomic E-state index is 12.6. The van der Waals surface area contributed by atoms with Gasteiger partial charge in [-0.25, -0.2) is 4.98 Å². The number of rotatable bonds is 3. The SMILES string of the molecule is Cc1nc2c(Cl)cc(Cl)cn2c1C(=O)Nc1ccc(SC#N)cc1. The number of thioether (sulfide) groups is 1. The average Bonchev–Trinajstić information content (AvgIpc) is 2.86. The number of hydrogen-bond donors (Lipinski definition) is 1. The molecule has 3 rings (SSSR count). The van der Waals surface area contributed by atoms with Crippen LogP contribution >= 0.6 is 35.0 Å². The van der Waals surface area contributed by atoms with Crippen molar-refractivity contribution < 1.29 is 4.79 Å². The number of aryl methyl sites for hydroxylation is 1. The zero-order valence-corrected chi connectivity index (χ0v) is 14.7. The van der Waals surface area contributed by atoms with E-state index in [9.17, 15) is 4.79 Å². The largest absolute Gasteiger partial charge is 0.321 e. The fraction of sp³-hybridized carbons (Fsp3) is 0.0625. The van der Waals surface area contributed by atoms with Crippen LogP contribution in [0.3, 0.4) is 0 Å². The number of carbonyl (C=O) groups excluding carboxylic acids is 1. The van der Waals surface area contributed by atoms with Gasteiger partial charge in [-0.05, 0) is 49.0 Å². The molecule has 0 unspecified atom stereocenters. The van der Waals surface area contributed by atoms with Crippen molar-refractivity contribution in [2.45, 2.75) is 11.8 Å². The number of thiocyanates is 1. The van der Waals surface area contributed by atoms with Gasteiger partial charge in [-0.2, -0.15) is 5.26 Å². The Labute approximate surface area is 152 Å². The number of anilines is 1. The van der Waals surface area contributed by atoms with Crippen LogP contribution in [0.25, 0.3) is 5.65 Å². The molecule has 3 aromatic rings. The highest BCUT2D eigenvalue weighted by molar-refractivity contribution is 8.03. The van der Waals surface area contributed by atoms with Crippen molar-refractivity contribution in [3.8, 4) is 5.40 Å². The first kappa shape index (κ1) is 16.7. The molecule has 2 aromatic heterocycles. The number of nitrogens with zero attached hydrogens (tertiary/aromatic N) is 3. The van der Waals surface area contributed by atoms with Gasteiger partial charge < -0.3 is 5.32 Å². The quantitative estimate of drug-likeness (QED) is 0.527. The van der Waals surface area contributed by atoms with Crippen molar-refractivity contribution >= 4 is 52.2 Å². The lowest BCUT2D eigenvalue weighted by molar-refractivity contribution is 0.102. The molecular formula is C16H10Cl2N4OS. The maximum Gasteiger partial charge on any atom is 0.274 e. The Bertz CT molecular complexity index is 976. The highest BCUT2D eigenvalue weighted by Crippen LogP contribution is 2.25. The molecular weight excluding hydrogens is 367 g/mol. The second kappa shape index (κ2) is 6.73. The van der Waals surface area contributed by atoms with Gasteiger partial charge in [-0.15, -0.1) is 0 Å². The van der Waals surface area contributed by atoms with Gasteiger partial charge >= 0.3 is 0 Å². The number of nitrogens with one attached hydrogen (secondary N) is 1. The molecule has 0 fully saturated rings. The molecule has 120 valence electrons. The Balaban J connectivity index is 1.94. The molecule has 5 nitrogen and oxygen atoms in total. The van der Waals surface area contributed by atoms with Gasteiger partial charge in [0.25, 0.3) is 5.91 Å². The van der Waals surface area contributed by atoms with Crippen LogP contribution in [0.4, 0.5) is 5.69 Å². The van der Waals surface area contributed by atoms with Gasteiger partial charge in [0.1, 0.15) is 11.1 Å². The summed E-state index contributed by atoms with van der Waals surface area (Å²) in [7, 11) is 0. The van der Waals surface area contributed by atoms with E-state index in [2.05, 4.69) is 10.3 Å². The third-order valence-electron chi connectivity index (χ3n) is 3.31. The molecule has 0 bridgehead atoms. The minimum absolute atomic E-state index is 0.320. The Kier molecular flexibility index (Phi) is 4.67. The molecule has 2 heterocycles. The van der Waals surface area contributed by atoms with Crippen molar-refractivity contribution in [3.05, 3.63) is 58.0 Å². The molecule has 0 aliphatic carbocycles. The van der Waals surface area contributed by atoms with E-state index < -0.39 is 0 Å². The summed E-state index contributed by atoms with van der Waals surface area (Å²) >= 11 is 13.2. The van der Waals surface area contributed by atoms with E-state index in [4.69, 9.17) is 28.5 Å².